The minimum Gasteiger partial charge on any atom is -0.477 e. The summed E-state index contributed by atoms with van der Waals surface area (Å²) >= 11 is 0. The van der Waals surface area contributed by atoms with Crippen molar-refractivity contribution in [2.75, 3.05) is 0 Å². The fourth-order valence-electron chi connectivity index (χ4n) is 1.59. The second-order valence-electron chi connectivity index (χ2n) is 4.04. The number of carboxylic acids is 1. The lowest BCUT2D eigenvalue weighted by molar-refractivity contribution is -0.132. The highest BCUT2D eigenvalue weighted by atomic mass is 16.4. The Morgan fingerprint density at radius 2 is 1.95 bits per heavy atom. The molecule has 0 fully saturated rings. The summed E-state index contributed by atoms with van der Waals surface area (Å²) in [5.74, 6) is -0.292. The first-order valence-corrected chi connectivity index (χ1v) is 5.62. The fraction of sp³-hybridized carbons (Fsp3) is 0.0667. The van der Waals surface area contributed by atoms with Gasteiger partial charge < -0.3 is 9.52 Å². The molecule has 2 rings (SSSR count). The van der Waals surface area contributed by atoms with Gasteiger partial charge in [-0.2, -0.15) is 5.26 Å². The smallest absolute Gasteiger partial charge is 0.346 e. The highest BCUT2D eigenvalue weighted by Crippen LogP contribution is 2.23. The lowest BCUT2D eigenvalue weighted by atomic mass is 10.1. The van der Waals surface area contributed by atoms with Crippen LogP contribution in [0.5, 0.6) is 0 Å². The van der Waals surface area contributed by atoms with E-state index in [0.717, 1.165) is 11.1 Å². The van der Waals surface area contributed by atoms with Gasteiger partial charge in [0.2, 0.25) is 0 Å². The van der Waals surface area contributed by atoms with Gasteiger partial charge in [-0.3, -0.25) is 0 Å². The Hall–Kier alpha value is -2.80. The third-order valence-corrected chi connectivity index (χ3v) is 2.60. The molecule has 2 aromatic rings. The van der Waals surface area contributed by atoms with Gasteiger partial charge in [-0.1, -0.05) is 29.8 Å². The van der Waals surface area contributed by atoms with Gasteiger partial charge >= 0.3 is 5.97 Å². The van der Waals surface area contributed by atoms with Crippen molar-refractivity contribution >= 4 is 12.0 Å². The summed E-state index contributed by atoms with van der Waals surface area (Å²) in [6, 6.07) is 12.8. The molecule has 19 heavy (non-hydrogen) atoms. The molecule has 0 unspecified atom stereocenters. The summed E-state index contributed by atoms with van der Waals surface area (Å²) in [4.78, 5) is 10.7. The molecule has 4 nitrogen and oxygen atoms in total. The van der Waals surface area contributed by atoms with Crippen LogP contribution in [-0.2, 0) is 4.79 Å². The van der Waals surface area contributed by atoms with Crippen LogP contribution in [0.3, 0.4) is 0 Å². The van der Waals surface area contributed by atoms with E-state index in [1.165, 1.54) is 6.08 Å². The lowest BCUT2D eigenvalue weighted by Gasteiger charge is -1.97. The van der Waals surface area contributed by atoms with E-state index >= 15 is 0 Å². The Morgan fingerprint density at radius 3 is 2.53 bits per heavy atom. The Bertz CT molecular complexity index is 672. The average Bonchev–Trinajstić information content (AvgIpc) is 2.85. The van der Waals surface area contributed by atoms with Crippen molar-refractivity contribution in [3.05, 3.63) is 53.3 Å². The molecule has 0 aliphatic heterocycles. The SMILES string of the molecule is Cc1ccc(-c2ccc(/C=C(/C#N)C(=O)O)o2)cc1. The van der Waals surface area contributed by atoms with Crippen LogP contribution in [0.1, 0.15) is 11.3 Å². The predicted molar refractivity (Wildman–Crippen MR) is 70.1 cm³/mol. The van der Waals surface area contributed by atoms with Crippen LogP contribution >= 0.6 is 0 Å². The van der Waals surface area contributed by atoms with Crippen LogP contribution in [0.15, 0.2) is 46.4 Å². The minimum atomic E-state index is -1.27. The van der Waals surface area contributed by atoms with E-state index in [2.05, 4.69) is 0 Å². The van der Waals surface area contributed by atoms with E-state index in [0.29, 0.717) is 11.5 Å². The van der Waals surface area contributed by atoms with Gasteiger partial charge in [0.1, 0.15) is 23.2 Å². The Kier molecular flexibility index (Phi) is 3.48. The van der Waals surface area contributed by atoms with E-state index in [-0.39, 0.29) is 5.57 Å². The molecular formula is C15H11NO3. The normalized spacial score (nSPS) is 11.1. The summed E-state index contributed by atoms with van der Waals surface area (Å²) < 4.78 is 5.50. The molecule has 0 saturated carbocycles. The van der Waals surface area contributed by atoms with E-state index in [1.54, 1.807) is 18.2 Å². The summed E-state index contributed by atoms with van der Waals surface area (Å²) in [5, 5.41) is 17.4. The Balaban J connectivity index is 2.32. The number of aryl methyl sites for hydroxylation is 1. The van der Waals surface area contributed by atoms with Gasteiger partial charge in [-0.15, -0.1) is 0 Å². The predicted octanol–water partition coefficient (Wildman–Crippen LogP) is 3.25. The van der Waals surface area contributed by atoms with Gasteiger partial charge in [-0.05, 0) is 19.1 Å². The van der Waals surface area contributed by atoms with Gasteiger partial charge in [0, 0.05) is 11.6 Å². The molecule has 1 N–H and O–H groups in total. The standard InChI is InChI=1S/C15H11NO3/c1-10-2-4-11(5-3-10)14-7-6-13(19-14)8-12(9-16)15(17)18/h2-8H,1H3,(H,17,18)/b12-8-. The zero-order valence-electron chi connectivity index (χ0n) is 10.3. The number of rotatable bonds is 3. The number of hydrogen-bond donors (Lipinski definition) is 1. The first kappa shape index (κ1) is 12.7. The summed E-state index contributed by atoms with van der Waals surface area (Å²) in [5.41, 5.74) is 1.69. The van der Waals surface area contributed by atoms with E-state index in [4.69, 9.17) is 14.8 Å². The third kappa shape index (κ3) is 2.90. The summed E-state index contributed by atoms with van der Waals surface area (Å²) in [7, 11) is 0. The molecule has 0 saturated heterocycles. The molecule has 0 aliphatic carbocycles. The highest BCUT2D eigenvalue weighted by molar-refractivity contribution is 5.96. The molecule has 0 amide bonds. The van der Waals surface area contributed by atoms with Crippen LogP contribution in [0.4, 0.5) is 0 Å². The topological polar surface area (TPSA) is 74.2 Å². The maximum Gasteiger partial charge on any atom is 0.346 e. The number of nitriles is 1. The van der Waals surface area contributed by atoms with Crippen molar-refractivity contribution in [2.24, 2.45) is 0 Å². The summed E-state index contributed by atoms with van der Waals surface area (Å²) in [6.07, 6.45) is 1.21. The average molecular weight is 253 g/mol. The van der Waals surface area contributed by atoms with E-state index in [1.807, 2.05) is 31.2 Å². The van der Waals surface area contributed by atoms with Crippen molar-refractivity contribution in [1.82, 2.24) is 0 Å². The maximum atomic E-state index is 10.7. The van der Waals surface area contributed by atoms with Gasteiger partial charge in [-0.25, -0.2) is 4.79 Å². The highest BCUT2D eigenvalue weighted by Gasteiger charge is 2.08. The second-order valence-corrected chi connectivity index (χ2v) is 4.04. The van der Waals surface area contributed by atoms with Crippen molar-refractivity contribution in [1.29, 1.82) is 5.26 Å². The van der Waals surface area contributed by atoms with E-state index in [9.17, 15) is 4.79 Å². The van der Waals surface area contributed by atoms with Crippen molar-refractivity contribution in [3.63, 3.8) is 0 Å². The zero-order chi connectivity index (χ0) is 13.8. The van der Waals surface area contributed by atoms with Crippen molar-refractivity contribution in [2.45, 2.75) is 6.92 Å². The molecular weight excluding hydrogens is 242 g/mol. The maximum absolute atomic E-state index is 10.7. The number of hydrogen-bond acceptors (Lipinski definition) is 3. The van der Waals surface area contributed by atoms with Crippen molar-refractivity contribution in [3.8, 4) is 17.4 Å². The van der Waals surface area contributed by atoms with Crippen LogP contribution < -0.4 is 0 Å². The van der Waals surface area contributed by atoms with Crippen molar-refractivity contribution < 1.29 is 14.3 Å². The molecule has 0 radical (unpaired) electrons. The molecule has 0 spiro atoms. The number of nitrogens with zero attached hydrogens (tertiary/aromatic N) is 1. The monoisotopic (exact) mass is 253 g/mol. The quantitative estimate of drug-likeness (QED) is 0.673. The first-order chi connectivity index (χ1) is 9.10. The van der Waals surface area contributed by atoms with Gasteiger partial charge in [0.25, 0.3) is 0 Å². The molecule has 0 atom stereocenters. The first-order valence-electron chi connectivity index (χ1n) is 5.62. The molecule has 4 heteroatoms. The Labute approximate surface area is 110 Å². The zero-order valence-corrected chi connectivity index (χ0v) is 10.3. The molecule has 1 aromatic heterocycles. The van der Waals surface area contributed by atoms with Gasteiger partial charge in [0.05, 0.1) is 0 Å². The van der Waals surface area contributed by atoms with Crippen LogP contribution in [0, 0.1) is 18.3 Å². The number of furan rings is 1. The number of carbonyl (C=O) groups is 1. The number of carboxylic acid groups (broad SMARTS) is 1. The Morgan fingerprint density at radius 1 is 1.26 bits per heavy atom. The van der Waals surface area contributed by atoms with Gasteiger partial charge in [0.15, 0.2) is 0 Å². The molecule has 1 heterocycles. The largest absolute Gasteiger partial charge is 0.477 e. The third-order valence-electron chi connectivity index (χ3n) is 2.60. The van der Waals surface area contributed by atoms with Crippen LogP contribution in [-0.4, -0.2) is 11.1 Å². The minimum absolute atomic E-state index is 0.342. The lowest BCUT2D eigenvalue weighted by Crippen LogP contribution is -1.96. The van der Waals surface area contributed by atoms with Crippen LogP contribution in [0.25, 0.3) is 17.4 Å². The molecule has 0 aliphatic rings. The van der Waals surface area contributed by atoms with E-state index < -0.39 is 5.97 Å². The number of aliphatic carboxylic acids is 1. The van der Waals surface area contributed by atoms with Crippen LogP contribution in [0.2, 0.25) is 0 Å². The molecule has 1 aromatic carbocycles. The second kappa shape index (κ2) is 5.23. The molecule has 94 valence electrons. The molecule has 0 bridgehead atoms. The fourth-order valence-corrected chi connectivity index (χ4v) is 1.59. The summed E-state index contributed by atoms with van der Waals surface area (Å²) in [6.45, 7) is 1.99. The number of benzene rings is 1.